The largest absolute Gasteiger partial charge is 0.493 e. The second-order valence-corrected chi connectivity index (χ2v) is 6.70. The monoisotopic (exact) mass is 385 g/mol. The van der Waals surface area contributed by atoms with Gasteiger partial charge in [0.1, 0.15) is 6.61 Å². The van der Waals surface area contributed by atoms with Crippen LogP contribution in [0.3, 0.4) is 0 Å². The van der Waals surface area contributed by atoms with E-state index >= 15 is 0 Å². The van der Waals surface area contributed by atoms with Crippen molar-refractivity contribution in [1.82, 2.24) is 5.32 Å². The molecule has 0 aromatic heterocycles. The Morgan fingerprint density at radius 2 is 1.84 bits per heavy atom. The summed E-state index contributed by atoms with van der Waals surface area (Å²) in [6, 6.07) is 13.5. The van der Waals surface area contributed by atoms with Crippen molar-refractivity contribution in [3.05, 3.63) is 58.6 Å². The Kier molecular flexibility index (Phi) is 8.53. The highest BCUT2D eigenvalue weighted by Crippen LogP contribution is 2.35. The van der Waals surface area contributed by atoms with E-state index in [-0.39, 0.29) is 19.0 Å². The number of ether oxygens (including phenoxy) is 2. The van der Waals surface area contributed by atoms with Crippen LogP contribution in [-0.4, -0.2) is 24.4 Å². The first kappa shape index (κ1) is 21.6. The van der Waals surface area contributed by atoms with Gasteiger partial charge in [0.2, 0.25) is 0 Å². The van der Waals surface area contributed by atoms with E-state index in [1.807, 2.05) is 50.2 Å². The molecule has 0 spiro atoms. The van der Waals surface area contributed by atoms with Crippen LogP contribution in [0.25, 0.3) is 0 Å². The number of rotatable bonds is 8. The van der Waals surface area contributed by atoms with Crippen molar-refractivity contribution in [2.45, 2.75) is 32.5 Å². The van der Waals surface area contributed by atoms with Gasteiger partial charge in [0.05, 0.1) is 13.7 Å². The molecular formula is C19H25Cl2NO3. The minimum absolute atomic E-state index is 0. The molecule has 2 rings (SSSR count). The van der Waals surface area contributed by atoms with E-state index in [1.54, 1.807) is 13.2 Å². The van der Waals surface area contributed by atoms with Crippen LogP contribution in [0.2, 0.25) is 5.02 Å². The standard InChI is InChI=1S/C19H24ClNO3.ClH/c1-19(2,13-22)21-11-15-9-16(20)10-17(23-3)18(15)24-12-14-7-5-4-6-8-14;/h4-10,21-22H,11-13H2,1-3H3;1H. The maximum Gasteiger partial charge on any atom is 0.166 e. The van der Waals surface area contributed by atoms with Crippen LogP contribution in [0.1, 0.15) is 25.0 Å². The highest BCUT2D eigenvalue weighted by molar-refractivity contribution is 6.30. The van der Waals surface area contributed by atoms with E-state index in [1.165, 1.54) is 0 Å². The van der Waals surface area contributed by atoms with E-state index < -0.39 is 5.54 Å². The third-order valence-electron chi connectivity index (χ3n) is 3.70. The molecule has 0 aliphatic heterocycles. The Bertz CT molecular complexity index is 663. The third-order valence-corrected chi connectivity index (χ3v) is 3.91. The smallest absolute Gasteiger partial charge is 0.166 e. The van der Waals surface area contributed by atoms with Crippen molar-refractivity contribution in [2.75, 3.05) is 13.7 Å². The van der Waals surface area contributed by atoms with Crippen LogP contribution in [0.4, 0.5) is 0 Å². The number of hydrogen-bond donors (Lipinski definition) is 2. The predicted octanol–water partition coefficient (Wildman–Crippen LogP) is 4.21. The molecule has 0 saturated heterocycles. The van der Waals surface area contributed by atoms with Crippen LogP contribution in [0.15, 0.2) is 42.5 Å². The normalized spacial score (nSPS) is 10.9. The molecule has 0 aliphatic rings. The van der Waals surface area contributed by atoms with Crippen molar-refractivity contribution in [2.24, 2.45) is 0 Å². The first-order chi connectivity index (χ1) is 11.4. The van der Waals surface area contributed by atoms with Crippen molar-refractivity contribution in [3.8, 4) is 11.5 Å². The fourth-order valence-corrected chi connectivity index (χ4v) is 2.42. The number of nitrogens with one attached hydrogen (secondary N) is 1. The summed E-state index contributed by atoms with van der Waals surface area (Å²) in [4.78, 5) is 0. The zero-order valence-electron chi connectivity index (χ0n) is 14.7. The number of aliphatic hydroxyl groups is 1. The topological polar surface area (TPSA) is 50.7 Å². The van der Waals surface area contributed by atoms with Gasteiger partial charge < -0.3 is 19.9 Å². The van der Waals surface area contributed by atoms with E-state index in [2.05, 4.69) is 5.32 Å². The Hall–Kier alpha value is -1.46. The lowest BCUT2D eigenvalue weighted by Crippen LogP contribution is -2.42. The molecule has 2 N–H and O–H groups in total. The average Bonchev–Trinajstić information content (AvgIpc) is 2.59. The third kappa shape index (κ3) is 6.40. The zero-order chi connectivity index (χ0) is 17.6. The van der Waals surface area contributed by atoms with E-state index in [9.17, 15) is 5.11 Å². The summed E-state index contributed by atoms with van der Waals surface area (Å²) >= 11 is 6.19. The van der Waals surface area contributed by atoms with Crippen molar-refractivity contribution >= 4 is 24.0 Å². The predicted molar refractivity (Wildman–Crippen MR) is 104 cm³/mol. The molecule has 25 heavy (non-hydrogen) atoms. The second kappa shape index (κ2) is 9.88. The molecule has 4 nitrogen and oxygen atoms in total. The first-order valence-electron chi connectivity index (χ1n) is 7.84. The molecule has 0 bridgehead atoms. The second-order valence-electron chi connectivity index (χ2n) is 6.27. The van der Waals surface area contributed by atoms with Gasteiger partial charge in [-0.1, -0.05) is 41.9 Å². The summed E-state index contributed by atoms with van der Waals surface area (Å²) in [5.41, 5.74) is 1.56. The number of aliphatic hydroxyl groups excluding tert-OH is 1. The molecule has 2 aromatic carbocycles. The maximum absolute atomic E-state index is 9.40. The van der Waals surface area contributed by atoms with E-state index in [4.69, 9.17) is 21.1 Å². The molecule has 0 unspecified atom stereocenters. The summed E-state index contributed by atoms with van der Waals surface area (Å²) in [7, 11) is 1.59. The fourth-order valence-electron chi connectivity index (χ4n) is 2.19. The van der Waals surface area contributed by atoms with Crippen LogP contribution < -0.4 is 14.8 Å². The summed E-state index contributed by atoms with van der Waals surface area (Å²) in [6.07, 6.45) is 0. The highest BCUT2D eigenvalue weighted by Gasteiger charge is 2.18. The van der Waals surface area contributed by atoms with Crippen molar-refractivity contribution in [3.63, 3.8) is 0 Å². The lowest BCUT2D eigenvalue weighted by molar-refractivity contribution is 0.186. The fraction of sp³-hybridized carbons (Fsp3) is 0.368. The van der Waals surface area contributed by atoms with E-state index in [0.29, 0.717) is 29.7 Å². The number of benzene rings is 2. The van der Waals surface area contributed by atoms with Gasteiger partial charge in [-0.15, -0.1) is 12.4 Å². The van der Waals surface area contributed by atoms with Gasteiger partial charge in [-0.2, -0.15) is 0 Å². The van der Waals surface area contributed by atoms with Crippen LogP contribution in [-0.2, 0) is 13.2 Å². The maximum atomic E-state index is 9.40. The molecular weight excluding hydrogens is 361 g/mol. The van der Waals surface area contributed by atoms with Crippen LogP contribution in [0, 0.1) is 0 Å². The Labute approximate surface area is 160 Å². The van der Waals surface area contributed by atoms with Crippen molar-refractivity contribution < 1.29 is 14.6 Å². The Morgan fingerprint density at radius 1 is 1.16 bits per heavy atom. The lowest BCUT2D eigenvalue weighted by Gasteiger charge is -2.25. The van der Waals surface area contributed by atoms with Gasteiger partial charge in [-0.05, 0) is 25.5 Å². The molecule has 6 heteroatoms. The van der Waals surface area contributed by atoms with Gasteiger partial charge in [0, 0.05) is 28.7 Å². The zero-order valence-corrected chi connectivity index (χ0v) is 16.3. The van der Waals surface area contributed by atoms with Gasteiger partial charge >= 0.3 is 0 Å². The molecule has 138 valence electrons. The van der Waals surface area contributed by atoms with Gasteiger partial charge in [-0.25, -0.2) is 0 Å². The minimum atomic E-state index is -0.397. The molecule has 2 aromatic rings. The number of hydrogen-bond acceptors (Lipinski definition) is 4. The molecule has 0 aliphatic carbocycles. The Balaban J connectivity index is 0.00000312. The summed E-state index contributed by atoms with van der Waals surface area (Å²) < 4.78 is 11.4. The number of methoxy groups -OCH3 is 1. The molecule has 0 radical (unpaired) electrons. The highest BCUT2D eigenvalue weighted by atomic mass is 35.5. The first-order valence-corrected chi connectivity index (χ1v) is 8.22. The number of halogens is 2. The van der Waals surface area contributed by atoms with Crippen molar-refractivity contribution in [1.29, 1.82) is 0 Å². The molecule has 0 amide bonds. The molecule has 0 saturated carbocycles. The van der Waals surface area contributed by atoms with Gasteiger partial charge in [0.25, 0.3) is 0 Å². The lowest BCUT2D eigenvalue weighted by atomic mass is 10.1. The summed E-state index contributed by atoms with van der Waals surface area (Å²) in [5.74, 6) is 1.25. The summed E-state index contributed by atoms with van der Waals surface area (Å²) in [5, 5.41) is 13.3. The van der Waals surface area contributed by atoms with Gasteiger partial charge in [0.15, 0.2) is 11.5 Å². The van der Waals surface area contributed by atoms with Gasteiger partial charge in [-0.3, -0.25) is 0 Å². The molecule has 0 heterocycles. The average molecular weight is 386 g/mol. The Morgan fingerprint density at radius 3 is 2.44 bits per heavy atom. The van der Waals surface area contributed by atoms with Crippen LogP contribution >= 0.6 is 24.0 Å². The quantitative estimate of drug-likeness (QED) is 0.714. The SMILES string of the molecule is COc1cc(Cl)cc(CNC(C)(C)CO)c1OCc1ccccc1.Cl. The minimum Gasteiger partial charge on any atom is -0.493 e. The molecule has 0 atom stereocenters. The molecule has 0 fully saturated rings. The van der Waals surface area contributed by atoms with E-state index in [0.717, 1.165) is 11.1 Å². The van der Waals surface area contributed by atoms with Crippen LogP contribution in [0.5, 0.6) is 11.5 Å². The summed E-state index contributed by atoms with van der Waals surface area (Å²) in [6.45, 7) is 4.84.